The zero-order valence-corrected chi connectivity index (χ0v) is 10.1. The summed E-state index contributed by atoms with van der Waals surface area (Å²) in [5.74, 6) is 0.680. The molecule has 0 bridgehead atoms. The van der Waals surface area contributed by atoms with E-state index >= 15 is 0 Å². The van der Waals surface area contributed by atoms with E-state index in [1.807, 2.05) is 25.1 Å². The molecule has 1 unspecified atom stereocenters. The normalized spacial score (nSPS) is 16.3. The van der Waals surface area contributed by atoms with Crippen LogP contribution in [0, 0.1) is 6.92 Å². The number of carbonyl (C=O) groups is 1. The van der Waals surface area contributed by atoms with Crippen LogP contribution in [0.2, 0.25) is 0 Å². The molecule has 1 aliphatic rings. The number of halogens is 1. The van der Waals surface area contributed by atoms with E-state index in [1.54, 1.807) is 11.8 Å². The first-order valence-corrected chi connectivity index (χ1v) is 5.72. The first-order valence-electron chi connectivity index (χ1n) is 5.28. The number of nitrogens with zero attached hydrogens (tertiary/aromatic N) is 1. The van der Waals surface area contributed by atoms with Gasteiger partial charge < -0.3 is 9.64 Å². The minimum absolute atomic E-state index is 0.0724. The van der Waals surface area contributed by atoms with E-state index in [0.29, 0.717) is 13.2 Å². The maximum absolute atomic E-state index is 11.9. The molecule has 0 spiro atoms. The lowest BCUT2D eigenvalue weighted by atomic mass is 10.1. The molecule has 0 aromatic heterocycles. The Morgan fingerprint density at radius 1 is 1.56 bits per heavy atom. The fourth-order valence-electron chi connectivity index (χ4n) is 1.77. The van der Waals surface area contributed by atoms with Crippen molar-refractivity contribution >= 4 is 23.2 Å². The van der Waals surface area contributed by atoms with Crippen molar-refractivity contribution in [2.45, 2.75) is 19.2 Å². The Labute approximate surface area is 100.0 Å². The van der Waals surface area contributed by atoms with Gasteiger partial charge in [0.2, 0.25) is 5.91 Å². The fraction of sp³-hybridized carbons (Fsp3) is 0.417. The lowest BCUT2D eigenvalue weighted by Crippen LogP contribution is -2.41. The van der Waals surface area contributed by atoms with Crippen molar-refractivity contribution in [3.8, 4) is 5.75 Å². The summed E-state index contributed by atoms with van der Waals surface area (Å²) in [5, 5.41) is -0.508. The Bertz CT molecular complexity index is 417. The first kappa shape index (κ1) is 11.3. The number of alkyl halides is 1. The van der Waals surface area contributed by atoms with Crippen molar-refractivity contribution in [2.75, 3.05) is 18.1 Å². The van der Waals surface area contributed by atoms with Crippen LogP contribution in [-0.2, 0) is 4.79 Å². The van der Waals surface area contributed by atoms with E-state index in [1.165, 1.54) is 0 Å². The molecule has 3 nitrogen and oxygen atoms in total. The summed E-state index contributed by atoms with van der Waals surface area (Å²) in [6.07, 6.45) is 0. The van der Waals surface area contributed by atoms with E-state index in [0.717, 1.165) is 17.0 Å². The third-order valence-corrected chi connectivity index (χ3v) is 2.77. The predicted octanol–water partition coefficient (Wildman–Crippen LogP) is 2.35. The van der Waals surface area contributed by atoms with Crippen LogP contribution in [-0.4, -0.2) is 24.4 Å². The number of aryl methyl sites for hydroxylation is 1. The molecule has 1 atom stereocenters. The molecular weight excluding hydrogens is 226 g/mol. The van der Waals surface area contributed by atoms with E-state index in [9.17, 15) is 4.79 Å². The summed E-state index contributed by atoms with van der Waals surface area (Å²) < 4.78 is 5.50. The van der Waals surface area contributed by atoms with Gasteiger partial charge in [0.1, 0.15) is 17.7 Å². The average Bonchev–Trinajstić information content (AvgIpc) is 2.27. The van der Waals surface area contributed by atoms with Crippen LogP contribution >= 0.6 is 11.6 Å². The number of anilines is 1. The molecule has 1 aliphatic heterocycles. The van der Waals surface area contributed by atoms with Gasteiger partial charge in [-0.15, -0.1) is 11.6 Å². The van der Waals surface area contributed by atoms with E-state index in [2.05, 4.69) is 0 Å². The second kappa shape index (κ2) is 4.34. The van der Waals surface area contributed by atoms with Gasteiger partial charge in [0.05, 0.1) is 12.2 Å². The van der Waals surface area contributed by atoms with Crippen LogP contribution in [0.3, 0.4) is 0 Å². The van der Waals surface area contributed by atoms with E-state index in [4.69, 9.17) is 16.3 Å². The zero-order chi connectivity index (χ0) is 11.7. The number of hydrogen-bond donors (Lipinski definition) is 0. The summed E-state index contributed by atoms with van der Waals surface area (Å²) >= 11 is 5.84. The average molecular weight is 240 g/mol. The van der Waals surface area contributed by atoms with Gasteiger partial charge in [0, 0.05) is 0 Å². The van der Waals surface area contributed by atoms with Crippen molar-refractivity contribution in [3.05, 3.63) is 23.8 Å². The Morgan fingerprint density at radius 3 is 3.00 bits per heavy atom. The predicted molar refractivity (Wildman–Crippen MR) is 64.3 cm³/mol. The van der Waals surface area contributed by atoms with Gasteiger partial charge in [-0.2, -0.15) is 0 Å². The maximum Gasteiger partial charge on any atom is 0.244 e. The number of benzene rings is 1. The van der Waals surface area contributed by atoms with Crippen LogP contribution in [0.25, 0.3) is 0 Å². The second-order valence-electron chi connectivity index (χ2n) is 3.93. The Morgan fingerprint density at radius 2 is 2.31 bits per heavy atom. The highest BCUT2D eigenvalue weighted by molar-refractivity contribution is 6.32. The first-order chi connectivity index (χ1) is 7.59. The third-order valence-electron chi connectivity index (χ3n) is 2.58. The van der Waals surface area contributed by atoms with Crippen LogP contribution in [0.5, 0.6) is 5.75 Å². The lowest BCUT2D eigenvalue weighted by Gasteiger charge is -2.30. The number of rotatable bonds is 1. The van der Waals surface area contributed by atoms with E-state index in [-0.39, 0.29) is 5.91 Å². The van der Waals surface area contributed by atoms with Crippen molar-refractivity contribution in [1.82, 2.24) is 0 Å². The molecule has 4 heteroatoms. The monoisotopic (exact) mass is 239 g/mol. The van der Waals surface area contributed by atoms with Crippen molar-refractivity contribution in [3.63, 3.8) is 0 Å². The number of carbonyl (C=O) groups excluding carboxylic acids is 1. The third kappa shape index (κ3) is 2.00. The molecule has 0 aliphatic carbocycles. The number of ether oxygens (including phenoxy) is 1. The largest absolute Gasteiger partial charge is 0.490 e. The van der Waals surface area contributed by atoms with Gasteiger partial charge >= 0.3 is 0 Å². The highest BCUT2D eigenvalue weighted by Gasteiger charge is 2.26. The van der Waals surface area contributed by atoms with Crippen molar-refractivity contribution in [1.29, 1.82) is 0 Å². The summed E-state index contributed by atoms with van der Waals surface area (Å²) in [6, 6.07) is 5.81. The molecule has 2 rings (SSSR count). The van der Waals surface area contributed by atoms with Crippen LogP contribution in [0.1, 0.15) is 12.5 Å². The molecule has 16 heavy (non-hydrogen) atoms. The summed E-state index contributed by atoms with van der Waals surface area (Å²) in [7, 11) is 0. The SMILES string of the molecule is Cc1ccc2c(c1)N(C(=O)C(C)Cl)CCO2. The number of amides is 1. The summed E-state index contributed by atoms with van der Waals surface area (Å²) in [5.41, 5.74) is 1.92. The molecule has 1 aromatic carbocycles. The lowest BCUT2D eigenvalue weighted by molar-refractivity contribution is -0.118. The molecule has 1 amide bonds. The number of fused-ring (bicyclic) bond motifs is 1. The maximum atomic E-state index is 11.9. The molecule has 0 fully saturated rings. The molecule has 0 saturated heterocycles. The Hall–Kier alpha value is -1.22. The van der Waals surface area contributed by atoms with Crippen LogP contribution in [0.4, 0.5) is 5.69 Å². The van der Waals surface area contributed by atoms with Gasteiger partial charge in [-0.25, -0.2) is 0 Å². The minimum atomic E-state index is -0.508. The fourth-order valence-corrected chi connectivity index (χ4v) is 1.89. The quantitative estimate of drug-likeness (QED) is 0.704. The van der Waals surface area contributed by atoms with Crippen molar-refractivity contribution < 1.29 is 9.53 Å². The van der Waals surface area contributed by atoms with Gasteiger partial charge in [-0.3, -0.25) is 4.79 Å². The van der Waals surface area contributed by atoms with Crippen molar-refractivity contribution in [2.24, 2.45) is 0 Å². The van der Waals surface area contributed by atoms with Crippen LogP contribution in [0.15, 0.2) is 18.2 Å². The molecule has 0 saturated carbocycles. The molecule has 1 aromatic rings. The van der Waals surface area contributed by atoms with Gasteiger partial charge in [-0.05, 0) is 31.5 Å². The highest BCUT2D eigenvalue weighted by Crippen LogP contribution is 2.32. The van der Waals surface area contributed by atoms with Gasteiger partial charge in [0.25, 0.3) is 0 Å². The summed E-state index contributed by atoms with van der Waals surface area (Å²) in [4.78, 5) is 13.6. The van der Waals surface area contributed by atoms with Gasteiger partial charge in [-0.1, -0.05) is 6.07 Å². The molecule has 0 N–H and O–H groups in total. The highest BCUT2D eigenvalue weighted by atomic mass is 35.5. The van der Waals surface area contributed by atoms with E-state index < -0.39 is 5.38 Å². The smallest absolute Gasteiger partial charge is 0.244 e. The molecule has 1 heterocycles. The molecular formula is C12H14ClNO2. The van der Waals surface area contributed by atoms with Gasteiger partial charge in [0.15, 0.2) is 0 Å². The topological polar surface area (TPSA) is 29.5 Å². The number of hydrogen-bond acceptors (Lipinski definition) is 2. The molecule has 86 valence electrons. The zero-order valence-electron chi connectivity index (χ0n) is 9.37. The standard InChI is InChI=1S/C12H14ClNO2/c1-8-3-4-11-10(7-8)14(5-6-16-11)12(15)9(2)13/h3-4,7,9H,5-6H2,1-2H3. The second-order valence-corrected chi connectivity index (χ2v) is 4.58. The molecule has 0 radical (unpaired) electrons. The Kier molecular flexibility index (Phi) is 3.06. The minimum Gasteiger partial charge on any atom is -0.490 e. The Balaban J connectivity index is 2.39. The van der Waals surface area contributed by atoms with Crippen LogP contribution < -0.4 is 9.64 Å². The summed E-state index contributed by atoms with van der Waals surface area (Å²) in [6.45, 7) is 4.76.